The van der Waals surface area contributed by atoms with E-state index in [0.29, 0.717) is 13.1 Å². The summed E-state index contributed by atoms with van der Waals surface area (Å²) < 4.78 is 23.3. The van der Waals surface area contributed by atoms with Crippen molar-refractivity contribution in [2.45, 2.75) is 31.6 Å². The van der Waals surface area contributed by atoms with Crippen LogP contribution in [0.3, 0.4) is 0 Å². The van der Waals surface area contributed by atoms with Crippen molar-refractivity contribution in [2.24, 2.45) is 10.6 Å². The minimum atomic E-state index is -4.00. The molecule has 1 amide bonds. The van der Waals surface area contributed by atoms with Crippen molar-refractivity contribution < 1.29 is 13.2 Å². The summed E-state index contributed by atoms with van der Waals surface area (Å²) in [5.74, 6) is -0.377. The van der Waals surface area contributed by atoms with E-state index in [2.05, 4.69) is 13.8 Å². The monoisotopic (exact) mass is 330 g/mol. The molecule has 0 saturated carbocycles. The average Bonchev–Trinajstić information content (AvgIpc) is 2.35. The van der Waals surface area contributed by atoms with E-state index in [4.69, 9.17) is 16.7 Å². The number of hydrogen-bond donors (Lipinski definition) is 1. The van der Waals surface area contributed by atoms with Gasteiger partial charge in [-0.15, -0.1) is 0 Å². The molecule has 7 heteroatoms. The summed E-state index contributed by atoms with van der Waals surface area (Å²) in [6.07, 6.45) is 1.91. The highest BCUT2D eigenvalue weighted by molar-refractivity contribution is 7.89. The molecule has 2 N–H and O–H groups in total. The summed E-state index contributed by atoms with van der Waals surface area (Å²) in [5, 5.41) is 5.30. The molecule has 0 unspecified atom stereocenters. The van der Waals surface area contributed by atoms with E-state index in [0.717, 1.165) is 12.8 Å². The third kappa shape index (κ3) is 3.56. The van der Waals surface area contributed by atoms with Crippen molar-refractivity contribution in [1.82, 2.24) is 4.90 Å². The van der Waals surface area contributed by atoms with Crippen LogP contribution in [0.4, 0.5) is 0 Å². The Morgan fingerprint density at radius 1 is 1.38 bits per heavy atom. The Labute approximate surface area is 130 Å². The number of benzene rings is 1. The maximum atomic E-state index is 12.7. The average molecular weight is 331 g/mol. The van der Waals surface area contributed by atoms with E-state index in [1.54, 1.807) is 4.90 Å². The minimum absolute atomic E-state index is 0.0108. The molecule has 1 aliphatic rings. The predicted molar refractivity (Wildman–Crippen MR) is 81.7 cm³/mol. The van der Waals surface area contributed by atoms with Gasteiger partial charge in [-0.3, -0.25) is 4.79 Å². The summed E-state index contributed by atoms with van der Waals surface area (Å²) in [4.78, 5) is 14.1. The third-order valence-corrected chi connectivity index (χ3v) is 4.95. The topological polar surface area (TPSA) is 80.5 Å². The van der Waals surface area contributed by atoms with Gasteiger partial charge in [0.25, 0.3) is 5.91 Å². The lowest BCUT2D eigenvalue weighted by atomic mass is 9.84. The number of carbonyl (C=O) groups excluding carboxylic acids is 1. The Hall–Kier alpha value is -1.11. The second kappa shape index (κ2) is 5.59. The van der Waals surface area contributed by atoms with E-state index in [1.807, 2.05) is 0 Å². The smallest absolute Gasteiger partial charge is 0.256 e. The summed E-state index contributed by atoms with van der Waals surface area (Å²) >= 11 is 6.05. The Kier molecular flexibility index (Phi) is 4.33. The molecule has 0 spiro atoms. The first-order chi connectivity index (χ1) is 9.62. The summed E-state index contributed by atoms with van der Waals surface area (Å²) in [7, 11) is -4.00. The first kappa shape index (κ1) is 16.3. The van der Waals surface area contributed by atoms with Crippen molar-refractivity contribution in [3.8, 4) is 0 Å². The fourth-order valence-electron chi connectivity index (χ4n) is 2.70. The van der Waals surface area contributed by atoms with E-state index >= 15 is 0 Å². The zero-order valence-electron chi connectivity index (χ0n) is 12.1. The zero-order chi connectivity index (χ0) is 15.8. The number of piperidine rings is 1. The minimum Gasteiger partial charge on any atom is -0.338 e. The molecule has 1 aromatic rings. The molecule has 1 heterocycles. The highest BCUT2D eigenvalue weighted by Crippen LogP contribution is 2.31. The number of nitrogens with zero attached hydrogens (tertiary/aromatic N) is 1. The Bertz CT molecular complexity index is 671. The van der Waals surface area contributed by atoms with Crippen LogP contribution in [0.2, 0.25) is 5.02 Å². The standard InChI is InChI=1S/C14H19ClN2O3S/c1-14(2)7-4-8-17(9-14)13(18)12-10(15)5-3-6-11(12)21(16,19)20/h3,5-6H,4,7-9H2,1-2H3,(H2,16,19,20). The molecule has 116 valence electrons. The second-order valence-corrected chi connectivity index (χ2v) is 8.09. The van der Waals surface area contributed by atoms with Crippen molar-refractivity contribution in [1.29, 1.82) is 0 Å². The first-order valence-corrected chi connectivity index (χ1v) is 8.65. The quantitative estimate of drug-likeness (QED) is 0.903. The Balaban J connectivity index is 2.45. The largest absolute Gasteiger partial charge is 0.338 e. The van der Waals surface area contributed by atoms with Gasteiger partial charge in [0.2, 0.25) is 10.0 Å². The molecule has 1 aliphatic heterocycles. The lowest BCUT2D eigenvalue weighted by molar-refractivity contribution is 0.0580. The summed E-state index contributed by atoms with van der Waals surface area (Å²) in [6.45, 7) is 5.33. The molecule has 0 aromatic heterocycles. The SMILES string of the molecule is CC1(C)CCCN(C(=O)c2c(Cl)cccc2S(N)(=O)=O)C1. The van der Waals surface area contributed by atoms with E-state index in [1.165, 1.54) is 18.2 Å². The van der Waals surface area contributed by atoms with E-state index in [-0.39, 0.29) is 26.8 Å². The van der Waals surface area contributed by atoms with Gasteiger partial charge in [0.05, 0.1) is 15.5 Å². The van der Waals surface area contributed by atoms with Crippen LogP contribution in [0.25, 0.3) is 0 Å². The van der Waals surface area contributed by atoms with Crippen LogP contribution in [-0.2, 0) is 10.0 Å². The molecule has 21 heavy (non-hydrogen) atoms. The van der Waals surface area contributed by atoms with Crippen LogP contribution in [0, 0.1) is 5.41 Å². The molecule has 1 aromatic carbocycles. The van der Waals surface area contributed by atoms with Crippen LogP contribution >= 0.6 is 11.6 Å². The van der Waals surface area contributed by atoms with Gasteiger partial charge < -0.3 is 4.90 Å². The zero-order valence-corrected chi connectivity index (χ0v) is 13.7. The van der Waals surface area contributed by atoms with Crippen LogP contribution in [0.5, 0.6) is 0 Å². The molecule has 0 aliphatic carbocycles. The second-order valence-electron chi connectivity index (χ2n) is 6.15. The highest BCUT2D eigenvalue weighted by atomic mass is 35.5. The third-order valence-electron chi connectivity index (χ3n) is 3.68. The fraction of sp³-hybridized carbons (Fsp3) is 0.500. The molecule has 1 saturated heterocycles. The number of rotatable bonds is 2. The number of primary sulfonamides is 1. The van der Waals surface area contributed by atoms with Crippen molar-refractivity contribution in [3.05, 3.63) is 28.8 Å². The number of hydrogen-bond acceptors (Lipinski definition) is 3. The molecular formula is C14H19ClN2O3S. The van der Waals surface area contributed by atoms with Crippen LogP contribution in [0.1, 0.15) is 37.0 Å². The Morgan fingerprint density at radius 3 is 2.62 bits per heavy atom. The van der Waals surface area contributed by atoms with E-state index < -0.39 is 10.0 Å². The van der Waals surface area contributed by atoms with Crippen LogP contribution in [-0.4, -0.2) is 32.3 Å². The Morgan fingerprint density at radius 2 is 2.05 bits per heavy atom. The molecule has 2 rings (SSSR count). The van der Waals surface area contributed by atoms with Gasteiger partial charge in [0.15, 0.2) is 0 Å². The number of carbonyl (C=O) groups is 1. The number of likely N-dealkylation sites (tertiary alicyclic amines) is 1. The summed E-state index contributed by atoms with van der Waals surface area (Å²) in [5.41, 5.74) is -0.0175. The van der Waals surface area contributed by atoms with Crippen LogP contribution < -0.4 is 5.14 Å². The first-order valence-electron chi connectivity index (χ1n) is 6.72. The van der Waals surface area contributed by atoms with Crippen molar-refractivity contribution in [2.75, 3.05) is 13.1 Å². The molecule has 1 fully saturated rings. The highest BCUT2D eigenvalue weighted by Gasteiger charge is 2.32. The maximum Gasteiger partial charge on any atom is 0.256 e. The van der Waals surface area contributed by atoms with Crippen LogP contribution in [0.15, 0.2) is 23.1 Å². The summed E-state index contributed by atoms with van der Waals surface area (Å²) in [6, 6.07) is 4.28. The van der Waals surface area contributed by atoms with Gasteiger partial charge >= 0.3 is 0 Å². The lowest BCUT2D eigenvalue weighted by Crippen LogP contribution is -2.44. The molecule has 0 radical (unpaired) electrons. The van der Waals surface area contributed by atoms with Gasteiger partial charge in [0.1, 0.15) is 0 Å². The van der Waals surface area contributed by atoms with Crippen molar-refractivity contribution >= 4 is 27.5 Å². The van der Waals surface area contributed by atoms with Crippen molar-refractivity contribution in [3.63, 3.8) is 0 Å². The fourth-order valence-corrected chi connectivity index (χ4v) is 3.77. The lowest BCUT2D eigenvalue weighted by Gasteiger charge is -2.38. The number of amides is 1. The molecular weight excluding hydrogens is 312 g/mol. The molecule has 0 bridgehead atoms. The molecule has 0 atom stereocenters. The van der Waals surface area contributed by atoms with Gasteiger partial charge in [-0.1, -0.05) is 31.5 Å². The van der Waals surface area contributed by atoms with Gasteiger partial charge in [0, 0.05) is 13.1 Å². The molecule has 5 nitrogen and oxygen atoms in total. The number of nitrogens with two attached hydrogens (primary N) is 1. The van der Waals surface area contributed by atoms with Gasteiger partial charge in [-0.25, -0.2) is 13.6 Å². The maximum absolute atomic E-state index is 12.7. The van der Waals surface area contributed by atoms with Gasteiger partial charge in [-0.2, -0.15) is 0 Å². The van der Waals surface area contributed by atoms with Gasteiger partial charge in [-0.05, 0) is 30.4 Å². The number of sulfonamides is 1. The van der Waals surface area contributed by atoms with E-state index in [9.17, 15) is 13.2 Å². The number of halogens is 1. The predicted octanol–water partition coefficient (Wildman–Crippen LogP) is 2.25. The normalized spacial score (nSPS) is 18.6.